The molecule has 17 heavy (non-hydrogen) atoms. The zero-order chi connectivity index (χ0) is 11.8. The summed E-state index contributed by atoms with van der Waals surface area (Å²) < 4.78 is 15.2. The van der Waals surface area contributed by atoms with E-state index in [1.807, 2.05) is 16.7 Å². The van der Waals surface area contributed by atoms with Crippen molar-refractivity contribution < 1.29 is 4.39 Å². The Labute approximate surface area is 103 Å². The maximum atomic E-state index is 13.2. The third-order valence-corrected chi connectivity index (χ3v) is 3.28. The van der Waals surface area contributed by atoms with Crippen LogP contribution in [0.3, 0.4) is 0 Å². The molecule has 1 aromatic heterocycles. The van der Waals surface area contributed by atoms with Crippen LogP contribution in [-0.4, -0.2) is 17.3 Å². The second-order valence-electron chi connectivity index (χ2n) is 3.97. The highest BCUT2D eigenvalue weighted by atomic mass is 35.5. The molecule has 0 fully saturated rings. The molecule has 1 aliphatic heterocycles. The van der Waals surface area contributed by atoms with Gasteiger partial charge in [-0.3, -0.25) is 4.99 Å². The number of aromatic nitrogens is 1. The summed E-state index contributed by atoms with van der Waals surface area (Å²) in [5.74, 6) is -0.253. The van der Waals surface area contributed by atoms with E-state index in [0.29, 0.717) is 5.15 Å². The van der Waals surface area contributed by atoms with Gasteiger partial charge in [-0.05, 0) is 23.8 Å². The van der Waals surface area contributed by atoms with E-state index in [1.54, 1.807) is 12.3 Å². The third-order valence-electron chi connectivity index (χ3n) is 2.88. The summed E-state index contributed by atoms with van der Waals surface area (Å²) in [6.07, 6.45) is 1.80. The van der Waals surface area contributed by atoms with Crippen LogP contribution in [0.1, 0.15) is 5.69 Å². The average molecular weight is 249 g/mol. The van der Waals surface area contributed by atoms with Gasteiger partial charge in [0, 0.05) is 18.3 Å². The summed E-state index contributed by atoms with van der Waals surface area (Å²) >= 11 is 6.31. The van der Waals surface area contributed by atoms with Gasteiger partial charge in [0.1, 0.15) is 11.0 Å². The van der Waals surface area contributed by atoms with Gasteiger partial charge in [-0.15, -0.1) is 0 Å². The van der Waals surface area contributed by atoms with E-state index >= 15 is 0 Å². The molecule has 0 aliphatic carbocycles. The summed E-state index contributed by atoms with van der Waals surface area (Å²) in [6, 6.07) is 8.40. The summed E-state index contributed by atoms with van der Waals surface area (Å²) in [5.41, 5.74) is 2.63. The smallest absolute Gasteiger partial charge is 0.123 e. The van der Waals surface area contributed by atoms with Gasteiger partial charge >= 0.3 is 0 Å². The zero-order valence-electron chi connectivity index (χ0n) is 9.03. The van der Waals surface area contributed by atoms with Crippen molar-refractivity contribution in [3.05, 3.63) is 47.0 Å². The number of rotatable bonds is 1. The summed E-state index contributed by atoms with van der Waals surface area (Å²) in [5, 5.41) is 0.650. The van der Waals surface area contributed by atoms with Gasteiger partial charge in [-0.2, -0.15) is 0 Å². The fraction of sp³-hybridized carbons (Fsp3) is 0.154. The van der Waals surface area contributed by atoms with Gasteiger partial charge < -0.3 is 4.57 Å². The molecule has 0 bridgehead atoms. The number of nitrogens with zero attached hydrogens (tertiary/aromatic N) is 2. The maximum absolute atomic E-state index is 13.2. The molecule has 2 heterocycles. The van der Waals surface area contributed by atoms with Gasteiger partial charge in [-0.1, -0.05) is 23.7 Å². The lowest BCUT2D eigenvalue weighted by Gasteiger charge is -2.10. The van der Waals surface area contributed by atoms with E-state index in [2.05, 4.69) is 4.99 Å². The molecule has 0 N–H and O–H groups in total. The molecule has 4 heteroatoms. The molecule has 3 rings (SSSR count). The fourth-order valence-corrected chi connectivity index (χ4v) is 2.40. The Morgan fingerprint density at radius 3 is 2.94 bits per heavy atom. The highest BCUT2D eigenvalue weighted by Crippen LogP contribution is 2.32. The molecule has 0 saturated carbocycles. The van der Waals surface area contributed by atoms with E-state index < -0.39 is 0 Å². The average Bonchev–Trinajstić information content (AvgIpc) is 2.68. The van der Waals surface area contributed by atoms with E-state index in [1.165, 1.54) is 12.1 Å². The molecule has 86 valence electrons. The lowest BCUT2D eigenvalue weighted by atomic mass is 10.1. The van der Waals surface area contributed by atoms with Crippen molar-refractivity contribution in [2.45, 2.75) is 6.54 Å². The molecular formula is C13H10ClFN2. The summed E-state index contributed by atoms with van der Waals surface area (Å²) in [7, 11) is 0. The fourth-order valence-electron chi connectivity index (χ4n) is 2.05. The van der Waals surface area contributed by atoms with E-state index in [4.69, 9.17) is 11.6 Å². The number of fused-ring (bicyclic) bond motifs is 1. The summed E-state index contributed by atoms with van der Waals surface area (Å²) in [6.45, 7) is 1.52. The van der Waals surface area contributed by atoms with Crippen molar-refractivity contribution in [1.29, 1.82) is 0 Å². The molecule has 2 aromatic rings. The van der Waals surface area contributed by atoms with Crippen LogP contribution in [0.15, 0.2) is 35.3 Å². The number of halogens is 2. The van der Waals surface area contributed by atoms with E-state index in [-0.39, 0.29) is 5.82 Å². The van der Waals surface area contributed by atoms with Crippen molar-refractivity contribution in [2.75, 3.05) is 6.54 Å². The predicted molar refractivity (Wildman–Crippen MR) is 67.3 cm³/mol. The van der Waals surface area contributed by atoms with Gasteiger partial charge in [0.25, 0.3) is 0 Å². The first-order valence-corrected chi connectivity index (χ1v) is 5.78. The zero-order valence-corrected chi connectivity index (χ0v) is 9.78. The minimum absolute atomic E-state index is 0.253. The SMILES string of the molecule is Fc1cccc(-c2cc3n(c2Cl)CCN=C3)c1. The van der Waals surface area contributed by atoms with Gasteiger partial charge in [-0.25, -0.2) is 4.39 Å². The lowest BCUT2D eigenvalue weighted by Crippen LogP contribution is -2.10. The largest absolute Gasteiger partial charge is 0.328 e. The number of aliphatic imine (C=N–C) groups is 1. The Balaban J connectivity index is 2.16. The molecule has 0 unspecified atom stereocenters. The maximum Gasteiger partial charge on any atom is 0.123 e. The summed E-state index contributed by atoms with van der Waals surface area (Å²) in [4.78, 5) is 4.21. The molecule has 0 atom stereocenters. The molecule has 0 saturated heterocycles. The predicted octanol–water partition coefficient (Wildman–Crippen LogP) is 3.38. The minimum Gasteiger partial charge on any atom is -0.328 e. The molecule has 1 aliphatic rings. The monoisotopic (exact) mass is 248 g/mol. The molecule has 0 spiro atoms. The van der Waals surface area contributed by atoms with Crippen molar-refractivity contribution in [2.24, 2.45) is 4.99 Å². The highest BCUT2D eigenvalue weighted by Gasteiger charge is 2.15. The van der Waals surface area contributed by atoms with E-state index in [9.17, 15) is 4.39 Å². The van der Waals surface area contributed by atoms with Crippen LogP contribution in [0.5, 0.6) is 0 Å². The van der Waals surface area contributed by atoms with Crippen LogP contribution in [0.2, 0.25) is 5.15 Å². The molecule has 0 radical (unpaired) electrons. The van der Waals surface area contributed by atoms with Crippen LogP contribution >= 0.6 is 11.6 Å². The van der Waals surface area contributed by atoms with Crippen molar-refractivity contribution in [1.82, 2.24) is 4.57 Å². The highest BCUT2D eigenvalue weighted by molar-refractivity contribution is 6.32. The van der Waals surface area contributed by atoms with Gasteiger partial charge in [0.2, 0.25) is 0 Å². The Hall–Kier alpha value is -1.61. The topological polar surface area (TPSA) is 17.3 Å². The number of hydrogen-bond donors (Lipinski definition) is 0. The van der Waals surface area contributed by atoms with Gasteiger partial charge in [0.15, 0.2) is 0 Å². The van der Waals surface area contributed by atoms with Crippen LogP contribution < -0.4 is 0 Å². The number of benzene rings is 1. The van der Waals surface area contributed by atoms with E-state index in [0.717, 1.165) is 29.9 Å². The van der Waals surface area contributed by atoms with Crippen LogP contribution in [0, 0.1) is 5.82 Å². The molecule has 2 nitrogen and oxygen atoms in total. The second kappa shape index (κ2) is 4.00. The van der Waals surface area contributed by atoms with Crippen molar-refractivity contribution in [3.63, 3.8) is 0 Å². The van der Waals surface area contributed by atoms with Crippen LogP contribution in [0.25, 0.3) is 11.1 Å². The second-order valence-corrected chi connectivity index (χ2v) is 4.33. The normalized spacial score (nSPS) is 13.8. The minimum atomic E-state index is -0.253. The quantitative estimate of drug-likeness (QED) is 0.736. The third kappa shape index (κ3) is 1.76. The Morgan fingerprint density at radius 2 is 2.18 bits per heavy atom. The molecular weight excluding hydrogens is 239 g/mol. The van der Waals surface area contributed by atoms with Crippen LogP contribution in [-0.2, 0) is 6.54 Å². The first kappa shape index (κ1) is 10.5. The first-order valence-electron chi connectivity index (χ1n) is 5.40. The van der Waals surface area contributed by atoms with Crippen molar-refractivity contribution in [3.8, 4) is 11.1 Å². The van der Waals surface area contributed by atoms with Crippen molar-refractivity contribution >= 4 is 17.8 Å². The Morgan fingerprint density at radius 1 is 1.29 bits per heavy atom. The van der Waals surface area contributed by atoms with Crippen LogP contribution in [0.4, 0.5) is 4.39 Å². The molecule has 1 aromatic carbocycles. The standard InChI is InChI=1S/C13H10ClFN2/c14-13-12(9-2-1-3-10(15)6-9)7-11-8-16-4-5-17(11)13/h1-3,6-8H,4-5H2. The lowest BCUT2D eigenvalue weighted by molar-refractivity contribution is 0.628. The molecule has 0 amide bonds. The van der Waals surface area contributed by atoms with Gasteiger partial charge in [0.05, 0.1) is 12.2 Å². The Bertz CT molecular complexity index is 601. The number of hydrogen-bond acceptors (Lipinski definition) is 1. The Kier molecular flexibility index (Phi) is 2.48. The first-order chi connectivity index (χ1) is 8.25.